The third-order valence-corrected chi connectivity index (χ3v) is 3.02. The van der Waals surface area contributed by atoms with E-state index in [0.29, 0.717) is 4.47 Å². The van der Waals surface area contributed by atoms with Crippen molar-refractivity contribution in [1.82, 2.24) is 4.98 Å². The van der Waals surface area contributed by atoms with Gasteiger partial charge in [0.1, 0.15) is 23.4 Å². The first-order valence-electron chi connectivity index (χ1n) is 5.55. The molecular weight excluding hydrogens is 347 g/mol. The largest absolute Gasteiger partial charge is 0.384 e. The van der Waals surface area contributed by atoms with E-state index in [2.05, 4.69) is 26.2 Å². The van der Waals surface area contributed by atoms with Crippen LogP contribution in [0.2, 0.25) is 0 Å². The number of nitrogens with one attached hydrogen (secondary N) is 1. The van der Waals surface area contributed by atoms with Crippen LogP contribution in [0.5, 0.6) is 0 Å². The molecule has 0 spiro atoms. The molecule has 0 atom stereocenters. The van der Waals surface area contributed by atoms with E-state index in [1.54, 1.807) is 0 Å². The van der Waals surface area contributed by atoms with E-state index in [0.717, 1.165) is 18.3 Å². The second-order valence-electron chi connectivity index (χ2n) is 3.96. The molecule has 0 radical (unpaired) electrons. The molecule has 2 aromatic rings. The fraction of sp³-hybridized carbons (Fsp3) is 0. The topological polar surface area (TPSA) is 111 Å². The van der Waals surface area contributed by atoms with Crippen LogP contribution in [-0.2, 0) is 0 Å². The molecule has 0 unspecified atom stereocenters. The molecular formula is C12H8BrFN4O3. The van der Waals surface area contributed by atoms with Crippen molar-refractivity contribution in [2.75, 3.05) is 11.1 Å². The fourth-order valence-electron chi connectivity index (χ4n) is 1.57. The van der Waals surface area contributed by atoms with E-state index in [9.17, 15) is 19.3 Å². The molecule has 0 saturated heterocycles. The van der Waals surface area contributed by atoms with Gasteiger partial charge in [0.2, 0.25) is 0 Å². The summed E-state index contributed by atoms with van der Waals surface area (Å²) < 4.78 is 14.1. The maximum absolute atomic E-state index is 13.6. The Morgan fingerprint density at radius 1 is 1.43 bits per heavy atom. The van der Waals surface area contributed by atoms with Gasteiger partial charge in [-0.2, -0.15) is 0 Å². The molecule has 9 heteroatoms. The highest BCUT2D eigenvalue weighted by Crippen LogP contribution is 2.23. The summed E-state index contributed by atoms with van der Waals surface area (Å²) in [5, 5.41) is 13.1. The Bertz CT molecular complexity index is 738. The zero-order valence-electron chi connectivity index (χ0n) is 10.3. The number of nitro groups is 1. The van der Waals surface area contributed by atoms with Crippen LogP contribution >= 0.6 is 15.9 Å². The van der Waals surface area contributed by atoms with Crippen LogP contribution < -0.4 is 11.1 Å². The minimum atomic E-state index is -0.854. The van der Waals surface area contributed by atoms with E-state index in [4.69, 9.17) is 5.73 Å². The van der Waals surface area contributed by atoms with Gasteiger partial charge in [-0.1, -0.05) is 15.9 Å². The van der Waals surface area contributed by atoms with E-state index in [1.165, 1.54) is 12.1 Å². The van der Waals surface area contributed by atoms with Gasteiger partial charge in [-0.05, 0) is 24.3 Å². The standard InChI is InChI=1S/C12H8BrFN4O3/c13-6-1-2-8(14)9(3-6)17-12(19)7-4-11(15)16-5-10(7)18(20)21/h1-5H,(H2,15,16)(H,17,19). The summed E-state index contributed by atoms with van der Waals surface area (Å²) in [4.78, 5) is 25.7. The highest BCUT2D eigenvalue weighted by atomic mass is 79.9. The van der Waals surface area contributed by atoms with Gasteiger partial charge in [-0.25, -0.2) is 9.37 Å². The Labute approximate surface area is 126 Å². The first-order valence-corrected chi connectivity index (χ1v) is 6.34. The van der Waals surface area contributed by atoms with E-state index >= 15 is 0 Å². The van der Waals surface area contributed by atoms with Gasteiger partial charge < -0.3 is 11.1 Å². The number of hydrogen-bond acceptors (Lipinski definition) is 5. The van der Waals surface area contributed by atoms with Crippen molar-refractivity contribution < 1.29 is 14.1 Å². The molecule has 0 bridgehead atoms. The lowest BCUT2D eigenvalue weighted by molar-refractivity contribution is -0.385. The van der Waals surface area contributed by atoms with Gasteiger partial charge in [-0.15, -0.1) is 0 Å². The van der Waals surface area contributed by atoms with E-state index < -0.39 is 22.3 Å². The molecule has 3 N–H and O–H groups in total. The predicted molar refractivity (Wildman–Crippen MR) is 77.4 cm³/mol. The number of pyridine rings is 1. The summed E-state index contributed by atoms with van der Waals surface area (Å²) in [5.74, 6) is -1.58. The zero-order valence-corrected chi connectivity index (χ0v) is 11.9. The number of rotatable bonds is 3. The average molecular weight is 355 g/mol. The Morgan fingerprint density at radius 2 is 2.14 bits per heavy atom. The lowest BCUT2D eigenvalue weighted by atomic mass is 10.2. The third kappa shape index (κ3) is 3.31. The SMILES string of the molecule is Nc1cc(C(=O)Nc2cc(Br)ccc2F)c([N+](=O)[O-])cn1. The highest BCUT2D eigenvalue weighted by Gasteiger charge is 2.22. The maximum Gasteiger partial charge on any atom is 0.300 e. The van der Waals surface area contributed by atoms with Gasteiger partial charge >= 0.3 is 0 Å². The van der Waals surface area contributed by atoms with Gasteiger partial charge in [-0.3, -0.25) is 14.9 Å². The Hall–Kier alpha value is -2.55. The first-order chi connectivity index (χ1) is 9.88. The lowest BCUT2D eigenvalue weighted by Crippen LogP contribution is -2.15. The summed E-state index contributed by atoms with van der Waals surface area (Å²) in [6.45, 7) is 0. The predicted octanol–water partition coefficient (Wildman–Crippen LogP) is 2.73. The van der Waals surface area contributed by atoms with Gasteiger partial charge in [0.05, 0.1) is 10.6 Å². The fourth-order valence-corrected chi connectivity index (χ4v) is 1.94. The number of carbonyl (C=O) groups is 1. The minimum absolute atomic E-state index is 0.0551. The number of hydrogen-bond donors (Lipinski definition) is 2. The Kier molecular flexibility index (Phi) is 4.13. The Morgan fingerprint density at radius 3 is 2.81 bits per heavy atom. The number of nitrogens with zero attached hydrogens (tertiary/aromatic N) is 2. The molecule has 0 aliphatic carbocycles. The molecule has 1 aromatic carbocycles. The number of nitrogens with two attached hydrogens (primary N) is 1. The highest BCUT2D eigenvalue weighted by molar-refractivity contribution is 9.10. The number of anilines is 2. The van der Waals surface area contributed by atoms with Crippen LogP contribution in [0.15, 0.2) is 34.9 Å². The van der Waals surface area contributed by atoms with Crippen molar-refractivity contribution in [2.45, 2.75) is 0 Å². The molecule has 0 aliphatic rings. The maximum atomic E-state index is 13.6. The van der Waals surface area contributed by atoms with Crippen molar-refractivity contribution in [3.63, 3.8) is 0 Å². The molecule has 21 heavy (non-hydrogen) atoms. The van der Waals surface area contributed by atoms with Crippen molar-refractivity contribution in [3.8, 4) is 0 Å². The monoisotopic (exact) mass is 354 g/mol. The smallest absolute Gasteiger partial charge is 0.300 e. The minimum Gasteiger partial charge on any atom is -0.384 e. The second kappa shape index (κ2) is 5.83. The summed E-state index contributed by atoms with van der Waals surface area (Å²) in [7, 11) is 0. The molecule has 1 amide bonds. The molecule has 0 saturated carbocycles. The summed E-state index contributed by atoms with van der Waals surface area (Å²) in [6.07, 6.45) is 0.877. The van der Waals surface area contributed by atoms with Gasteiger partial charge in [0.25, 0.3) is 11.6 Å². The van der Waals surface area contributed by atoms with Crippen LogP contribution in [0.1, 0.15) is 10.4 Å². The van der Waals surface area contributed by atoms with Crippen molar-refractivity contribution in [2.24, 2.45) is 0 Å². The van der Waals surface area contributed by atoms with Crippen molar-refractivity contribution in [1.29, 1.82) is 0 Å². The van der Waals surface area contributed by atoms with Crippen LogP contribution in [-0.4, -0.2) is 15.8 Å². The summed E-state index contributed by atoms with van der Waals surface area (Å²) >= 11 is 3.14. The molecule has 108 valence electrons. The summed E-state index contributed by atoms with van der Waals surface area (Å²) in [6, 6.07) is 5.00. The van der Waals surface area contributed by atoms with Crippen molar-refractivity contribution >= 4 is 39.0 Å². The molecule has 0 aliphatic heterocycles. The van der Waals surface area contributed by atoms with Crippen LogP contribution in [0.3, 0.4) is 0 Å². The van der Waals surface area contributed by atoms with Gasteiger partial charge in [0, 0.05) is 4.47 Å². The second-order valence-corrected chi connectivity index (χ2v) is 4.88. The van der Waals surface area contributed by atoms with Crippen LogP contribution in [0.25, 0.3) is 0 Å². The zero-order chi connectivity index (χ0) is 15.6. The van der Waals surface area contributed by atoms with E-state index in [-0.39, 0.29) is 17.1 Å². The number of halogens is 2. The lowest BCUT2D eigenvalue weighted by Gasteiger charge is -2.07. The number of aromatic nitrogens is 1. The normalized spacial score (nSPS) is 10.2. The number of carbonyl (C=O) groups excluding carboxylic acids is 1. The molecule has 0 fully saturated rings. The van der Waals surface area contributed by atoms with Gasteiger partial charge in [0.15, 0.2) is 0 Å². The molecule has 1 heterocycles. The molecule has 7 nitrogen and oxygen atoms in total. The quantitative estimate of drug-likeness (QED) is 0.650. The third-order valence-electron chi connectivity index (χ3n) is 2.52. The number of nitrogen functional groups attached to an aromatic ring is 1. The van der Waals surface area contributed by atoms with Crippen molar-refractivity contribution in [3.05, 3.63) is 56.4 Å². The molecule has 1 aromatic heterocycles. The first kappa shape index (κ1) is 14.9. The van der Waals surface area contributed by atoms with Crippen LogP contribution in [0.4, 0.5) is 21.6 Å². The summed E-state index contributed by atoms with van der Waals surface area (Å²) in [5.41, 5.74) is 4.49. The number of benzene rings is 1. The average Bonchev–Trinajstić information content (AvgIpc) is 2.42. The number of amides is 1. The van der Waals surface area contributed by atoms with Crippen LogP contribution in [0, 0.1) is 15.9 Å². The van der Waals surface area contributed by atoms with E-state index in [1.807, 2.05) is 0 Å². The Balaban J connectivity index is 2.39. The molecule has 2 rings (SSSR count).